The zero-order valence-electron chi connectivity index (χ0n) is 17.5. The van der Waals surface area contributed by atoms with E-state index >= 15 is 0 Å². The van der Waals surface area contributed by atoms with E-state index in [9.17, 15) is 4.79 Å². The predicted molar refractivity (Wildman–Crippen MR) is 121 cm³/mol. The van der Waals surface area contributed by atoms with Gasteiger partial charge < -0.3 is 14.3 Å². The summed E-state index contributed by atoms with van der Waals surface area (Å²) in [6.07, 6.45) is 6.95. The lowest BCUT2D eigenvalue weighted by molar-refractivity contribution is -0.107. The van der Waals surface area contributed by atoms with Crippen LogP contribution in [0.1, 0.15) is 48.8 Å². The molecule has 0 aromatic heterocycles. The molecule has 0 radical (unpaired) electrons. The molecule has 0 saturated heterocycles. The molecule has 0 atom stereocenters. The summed E-state index contributed by atoms with van der Waals surface area (Å²) in [5.74, 6) is 1.67. The Morgan fingerprint density at radius 2 is 1.13 bits per heavy atom. The average molecular weight is 403 g/mol. The molecule has 0 spiro atoms. The number of benzene rings is 3. The van der Waals surface area contributed by atoms with Crippen molar-refractivity contribution in [3.05, 3.63) is 95.6 Å². The minimum Gasteiger partial charge on any atom is -0.489 e. The van der Waals surface area contributed by atoms with Gasteiger partial charge in [0.2, 0.25) is 0 Å². The highest BCUT2D eigenvalue weighted by atomic mass is 16.5. The smallest absolute Gasteiger partial charge is 0.123 e. The predicted octanol–water partition coefficient (Wildman–Crippen LogP) is 6.54. The lowest BCUT2D eigenvalue weighted by atomic mass is 10.0. The first kappa shape index (κ1) is 21.6. The molecule has 0 saturated carbocycles. The van der Waals surface area contributed by atoms with Crippen molar-refractivity contribution in [1.29, 1.82) is 0 Å². The van der Waals surface area contributed by atoms with Crippen molar-refractivity contribution in [2.75, 3.05) is 0 Å². The number of rotatable bonds is 13. The van der Waals surface area contributed by atoms with Crippen molar-refractivity contribution in [3.8, 4) is 11.5 Å². The van der Waals surface area contributed by atoms with Gasteiger partial charge in [0.25, 0.3) is 0 Å². The third-order valence-corrected chi connectivity index (χ3v) is 4.97. The summed E-state index contributed by atoms with van der Waals surface area (Å²) in [5.41, 5.74) is 3.51. The molecule has 0 aliphatic carbocycles. The summed E-state index contributed by atoms with van der Waals surface area (Å²) in [5, 5.41) is 0. The summed E-state index contributed by atoms with van der Waals surface area (Å²) in [6.45, 7) is 1.07. The van der Waals surface area contributed by atoms with E-state index in [1.165, 1.54) is 5.56 Å². The monoisotopic (exact) mass is 402 g/mol. The van der Waals surface area contributed by atoms with Crippen LogP contribution in [0.5, 0.6) is 11.5 Å². The first-order valence-corrected chi connectivity index (χ1v) is 10.7. The van der Waals surface area contributed by atoms with Gasteiger partial charge in [0.05, 0.1) is 0 Å². The van der Waals surface area contributed by atoms with Gasteiger partial charge in [0.1, 0.15) is 31.0 Å². The summed E-state index contributed by atoms with van der Waals surface area (Å²) in [7, 11) is 0. The van der Waals surface area contributed by atoms with E-state index in [1.54, 1.807) is 0 Å². The molecule has 0 unspecified atom stereocenters. The highest BCUT2D eigenvalue weighted by Crippen LogP contribution is 2.26. The minimum atomic E-state index is 0.536. The average Bonchev–Trinajstić information content (AvgIpc) is 2.80. The summed E-state index contributed by atoms with van der Waals surface area (Å²) < 4.78 is 12.1. The first-order valence-electron chi connectivity index (χ1n) is 10.7. The maximum absolute atomic E-state index is 10.4. The van der Waals surface area contributed by atoms with Crippen molar-refractivity contribution in [1.82, 2.24) is 0 Å². The molecule has 0 heterocycles. The number of hydrogen-bond acceptors (Lipinski definition) is 3. The number of hydrogen-bond donors (Lipinski definition) is 0. The van der Waals surface area contributed by atoms with Gasteiger partial charge in [-0.2, -0.15) is 0 Å². The molecule has 0 amide bonds. The van der Waals surface area contributed by atoms with Gasteiger partial charge in [-0.15, -0.1) is 0 Å². The van der Waals surface area contributed by atoms with Crippen LogP contribution in [0.2, 0.25) is 0 Å². The zero-order valence-corrected chi connectivity index (χ0v) is 17.5. The van der Waals surface area contributed by atoms with Crippen LogP contribution in [-0.4, -0.2) is 6.29 Å². The van der Waals surface area contributed by atoms with Gasteiger partial charge >= 0.3 is 0 Å². The van der Waals surface area contributed by atoms with Crippen LogP contribution in [-0.2, 0) is 24.4 Å². The number of carbonyl (C=O) groups excluding carboxylic acids is 1. The van der Waals surface area contributed by atoms with Gasteiger partial charge in [-0.05, 0) is 48.1 Å². The van der Waals surface area contributed by atoms with E-state index in [2.05, 4.69) is 36.4 Å². The molecular weight excluding hydrogens is 372 g/mol. The lowest BCUT2D eigenvalue weighted by Crippen LogP contribution is -1.99. The van der Waals surface area contributed by atoms with E-state index < -0.39 is 0 Å². The molecule has 30 heavy (non-hydrogen) atoms. The Morgan fingerprint density at radius 1 is 0.600 bits per heavy atom. The fourth-order valence-corrected chi connectivity index (χ4v) is 3.33. The number of unbranched alkanes of at least 4 members (excludes halogenated alkanes) is 4. The van der Waals surface area contributed by atoms with E-state index in [4.69, 9.17) is 9.47 Å². The molecule has 3 aromatic rings. The van der Waals surface area contributed by atoms with Crippen LogP contribution in [0, 0.1) is 0 Å². The molecule has 3 rings (SSSR count). The Hall–Kier alpha value is -3.07. The standard InChI is InChI=1S/C27H30O3/c28-17-11-3-1-2-6-16-25-18-26(29-21-23-12-7-4-8-13-23)20-27(19-25)30-22-24-14-9-5-10-15-24/h4-5,7-10,12-15,17-20H,1-3,6,11,16,21-22H2. The van der Waals surface area contributed by atoms with Crippen molar-refractivity contribution in [2.45, 2.75) is 51.7 Å². The van der Waals surface area contributed by atoms with E-state index in [1.807, 2.05) is 42.5 Å². The molecule has 3 heteroatoms. The second-order valence-corrected chi connectivity index (χ2v) is 7.48. The molecule has 3 nitrogen and oxygen atoms in total. The maximum atomic E-state index is 10.4. The SMILES string of the molecule is O=CCCCCCCc1cc(OCc2ccccc2)cc(OCc2ccccc2)c1. The topological polar surface area (TPSA) is 35.5 Å². The minimum absolute atomic E-state index is 0.536. The van der Waals surface area contributed by atoms with Gasteiger partial charge in [-0.25, -0.2) is 0 Å². The van der Waals surface area contributed by atoms with Crippen LogP contribution in [0.3, 0.4) is 0 Å². The molecule has 0 bridgehead atoms. The summed E-state index contributed by atoms with van der Waals surface area (Å²) in [6, 6.07) is 26.6. The molecule has 0 N–H and O–H groups in total. The zero-order chi connectivity index (χ0) is 20.9. The van der Waals surface area contributed by atoms with Gasteiger partial charge in [-0.3, -0.25) is 0 Å². The van der Waals surface area contributed by atoms with Crippen molar-refractivity contribution in [3.63, 3.8) is 0 Å². The second-order valence-electron chi connectivity index (χ2n) is 7.48. The fraction of sp³-hybridized carbons (Fsp3) is 0.296. The highest BCUT2D eigenvalue weighted by Gasteiger charge is 2.05. The molecule has 156 valence electrons. The Bertz CT molecular complexity index is 813. The quantitative estimate of drug-likeness (QED) is 0.241. The molecule has 3 aromatic carbocycles. The van der Waals surface area contributed by atoms with E-state index in [0.29, 0.717) is 19.6 Å². The maximum Gasteiger partial charge on any atom is 0.123 e. The molecule has 0 aliphatic heterocycles. The van der Waals surface area contributed by atoms with Crippen LogP contribution in [0.15, 0.2) is 78.9 Å². The third kappa shape index (κ3) is 7.75. The summed E-state index contributed by atoms with van der Waals surface area (Å²) >= 11 is 0. The van der Waals surface area contributed by atoms with Gasteiger partial charge in [0, 0.05) is 12.5 Å². The second kappa shape index (κ2) is 12.5. The van der Waals surface area contributed by atoms with Gasteiger partial charge in [-0.1, -0.05) is 73.5 Å². The van der Waals surface area contributed by atoms with Gasteiger partial charge in [0.15, 0.2) is 0 Å². The fourth-order valence-electron chi connectivity index (χ4n) is 3.33. The number of ether oxygens (including phenoxy) is 2. The highest BCUT2D eigenvalue weighted by molar-refractivity contribution is 5.48. The van der Waals surface area contributed by atoms with E-state index in [-0.39, 0.29) is 0 Å². The number of aryl methyl sites for hydroxylation is 1. The Morgan fingerprint density at radius 3 is 1.67 bits per heavy atom. The normalized spacial score (nSPS) is 10.5. The van der Waals surface area contributed by atoms with Crippen molar-refractivity contribution < 1.29 is 14.3 Å². The Balaban J connectivity index is 1.62. The van der Waals surface area contributed by atoms with Crippen LogP contribution < -0.4 is 9.47 Å². The largest absolute Gasteiger partial charge is 0.489 e. The van der Waals surface area contributed by atoms with Crippen molar-refractivity contribution in [2.24, 2.45) is 0 Å². The number of carbonyl (C=O) groups is 1. The van der Waals surface area contributed by atoms with Crippen LogP contribution >= 0.6 is 0 Å². The van der Waals surface area contributed by atoms with E-state index in [0.717, 1.165) is 61.0 Å². The first-order chi connectivity index (χ1) is 14.8. The Labute approximate surface area is 179 Å². The van der Waals surface area contributed by atoms with Crippen LogP contribution in [0.25, 0.3) is 0 Å². The van der Waals surface area contributed by atoms with Crippen molar-refractivity contribution >= 4 is 6.29 Å². The lowest BCUT2D eigenvalue weighted by Gasteiger charge is -2.13. The molecule has 0 fully saturated rings. The Kier molecular flexibility index (Phi) is 9.00. The third-order valence-electron chi connectivity index (χ3n) is 4.97. The van der Waals surface area contributed by atoms with Crippen LogP contribution in [0.4, 0.5) is 0 Å². The number of aldehydes is 1. The molecular formula is C27H30O3. The molecule has 0 aliphatic rings. The summed E-state index contributed by atoms with van der Waals surface area (Å²) in [4.78, 5) is 10.4.